The molecule has 4 nitrogen and oxygen atoms in total. The first kappa shape index (κ1) is 21.3. The Labute approximate surface area is 184 Å². The van der Waals surface area contributed by atoms with Crippen molar-refractivity contribution in [3.05, 3.63) is 94.6 Å². The average Bonchev–Trinajstić information content (AvgIpc) is 3.13. The summed E-state index contributed by atoms with van der Waals surface area (Å²) in [7, 11) is 0. The van der Waals surface area contributed by atoms with E-state index in [4.69, 9.17) is 4.74 Å². The Kier molecular flexibility index (Phi) is 6.27. The molecule has 0 bridgehead atoms. The third kappa shape index (κ3) is 4.37. The second-order valence-corrected chi connectivity index (χ2v) is 7.28. The number of hydrogen-bond donors (Lipinski definition) is 1. The summed E-state index contributed by atoms with van der Waals surface area (Å²) in [6.45, 7) is 0.402. The van der Waals surface area contributed by atoms with Gasteiger partial charge in [0.25, 0.3) is 0 Å². The molecule has 3 aromatic rings. The van der Waals surface area contributed by atoms with E-state index in [1.54, 1.807) is 0 Å². The lowest BCUT2D eigenvalue weighted by molar-refractivity contribution is 0.111. The van der Waals surface area contributed by atoms with Gasteiger partial charge in [-0.25, -0.2) is 13.6 Å². The number of halogens is 2. The van der Waals surface area contributed by atoms with Crippen LogP contribution in [0.5, 0.6) is 0 Å². The van der Waals surface area contributed by atoms with Gasteiger partial charge < -0.3 is 10.1 Å². The average molecular weight is 431 g/mol. The third-order valence-electron chi connectivity index (χ3n) is 5.30. The molecule has 0 unspecified atom stereocenters. The van der Waals surface area contributed by atoms with Gasteiger partial charge in [0.05, 0.1) is 11.1 Å². The van der Waals surface area contributed by atoms with E-state index in [1.807, 2.05) is 36.4 Å². The molecule has 0 heterocycles. The van der Waals surface area contributed by atoms with Crippen LogP contribution in [0.2, 0.25) is 0 Å². The van der Waals surface area contributed by atoms with Gasteiger partial charge in [0.2, 0.25) is 0 Å². The number of aldehydes is 1. The Hall–Kier alpha value is -3.98. The van der Waals surface area contributed by atoms with Crippen molar-refractivity contribution in [2.75, 3.05) is 13.2 Å². The Morgan fingerprint density at radius 1 is 1.00 bits per heavy atom. The molecule has 1 aliphatic rings. The lowest BCUT2D eigenvalue weighted by Crippen LogP contribution is -2.26. The maximum Gasteiger partial charge on any atom is 0.407 e. The summed E-state index contributed by atoms with van der Waals surface area (Å²) >= 11 is 0. The summed E-state index contributed by atoms with van der Waals surface area (Å²) in [5.74, 6) is 3.54. The van der Waals surface area contributed by atoms with Crippen molar-refractivity contribution < 1.29 is 23.1 Å². The highest BCUT2D eigenvalue weighted by atomic mass is 19.1. The van der Waals surface area contributed by atoms with E-state index < -0.39 is 17.7 Å². The van der Waals surface area contributed by atoms with E-state index in [1.165, 1.54) is 0 Å². The Morgan fingerprint density at radius 2 is 1.66 bits per heavy atom. The zero-order valence-corrected chi connectivity index (χ0v) is 17.0. The van der Waals surface area contributed by atoms with Crippen LogP contribution in [0.15, 0.2) is 60.7 Å². The quantitative estimate of drug-likeness (QED) is 0.349. The molecule has 6 heteroatoms. The Balaban J connectivity index is 1.30. The second kappa shape index (κ2) is 9.44. The molecule has 4 rings (SSSR count). The fourth-order valence-electron chi connectivity index (χ4n) is 3.78. The topological polar surface area (TPSA) is 55.4 Å². The van der Waals surface area contributed by atoms with Crippen molar-refractivity contribution >= 4 is 12.4 Å². The number of amides is 1. The fourth-order valence-corrected chi connectivity index (χ4v) is 3.78. The molecule has 160 valence electrons. The minimum Gasteiger partial charge on any atom is -0.449 e. The van der Waals surface area contributed by atoms with Crippen molar-refractivity contribution in [1.82, 2.24) is 5.32 Å². The molecule has 1 amide bonds. The largest absolute Gasteiger partial charge is 0.449 e. The summed E-state index contributed by atoms with van der Waals surface area (Å²) in [6, 6.07) is 17.8. The molecule has 0 saturated carbocycles. The number of rotatable bonds is 5. The Morgan fingerprint density at radius 3 is 2.31 bits per heavy atom. The number of benzene rings is 3. The maximum absolute atomic E-state index is 13.8. The number of carbonyl (C=O) groups excluding carboxylic acids is 2. The zero-order valence-electron chi connectivity index (χ0n) is 17.0. The summed E-state index contributed by atoms with van der Waals surface area (Å²) in [6.07, 6.45) is -0.101. The second-order valence-electron chi connectivity index (χ2n) is 7.28. The molecule has 0 radical (unpaired) electrons. The van der Waals surface area contributed by atoms with Gasteiger partial charge >= 0.3 is 6.09 Å². The number of alkyl carbamates (subject to hydrolysis) is 1. The molecule has 3 aromatic carbocycles. The first-order chi connectivity index (χ1) is 15.6. The van der Waals surface area contributed by atoms with E-state index >= 15 is 0 Å². The molecule has 0 aliphatic heterocycles. The fraction of sp³-hybridized carbons (Fsp3) is 0.154. The Bertz CT molecular complexity index is 1200. The first-order valence-corrected chi connectivity index (χ1v) is 10.1. The highest BCUT2D eigenvalue weighted by molar-refractivity contribution is 5.79. The maximum atomic E-state index is 13.8. The molecule has 32 heavy (non-hydrogen) atoms. The normalized spacial score (nSPS) is 11.7. The van der Waals surface area contributed by atoms with Gasteiger partial charge in [-0.1, -0.05) is 60.4 Å². The van der Waals surface area contributed by atoms with Crippen LogP contribution in [0.1, 0.15) is 39.4 Å². The van der Waals surface area contributed by atoms with Crippen molar-refractivity contribution in [2.45, 2.75) is 12.3 Å². The van der Waals surface area contributed by atoms with Crippen LogP contribution < -0.4 is 5.32 Å². The van der Waals surface area contributed by atoms with Crippen LogP contribution in [-0.4, -0.2) is 25.5 Å². The van der Waals surface area contributed by atoms with Crippen LogP contribution in [0.3, 0.4) is 0 Å². The van der Waals surface area contributed by atoms with E-state index in [9.17, 15) is 18.4 Å². The molecule has 1 aliphatic carbocycles. The molecule has 1 N–H and O–H groups in total. The van der Waals surface area contributed by atoms with Crippen LogP contribution in [-0.2, 0) is 4.74 Å². The summed E-state index contributed by atoms with van der Waals surface area (Å²) in [5.41, 5.74) is 4.05. The van der Waals surface area contributed by atoms with Gasteiger partial charge in [-0.2, -0.15) is 0 Å². The first-order valence-electron chi connectivity index (χ1n) is 10.1. The zero-order chi connectivity index (χ0) is 22.5. The van der Waals surface area contributed by atoms with E-state index in [2.05, 4.69) is 29.3 Å². The minimum atomic E-state index is -0.831. The van der Waals surface area contributed by atoms with Crippen molar-refractivity contribution in [3.8, 4) is 23.0 Å². The van der Waals surface area contributed by atoms with Crippen molar-refractivity contribution in [3.63, 3.8) is 0 Å². The lowest BCUT2D eigenvalue weighted by atomic mass is 9.98. The summed E-state index contributed by atoms with van der Waals surface area (Å²) < 4.78 is 32.8. The number of carbonyl (C=O) groups is 2. The molecular formula is C26H19F2NO3. The monoisotopic (exact) mass is 431 g/mol. The van der Waals surface area contributed by atoms with Gasteiger partial charge in [0.15, 0.2) is 6.29 Å². The van der Waals surface area contributed by atoms with Gasteiger partial charge in [-0.15, -0.1) is 0 Å². The van der Waals surface area contributed by atoms with Gasteiger partial charge in [-0.3, -0.25) is 4.79 Å². The molecule has 0 fully saturated rings. The van der Waals surface area contributed by atoms with Crippen LogP contribution in [0.25, 0.3) is 11.1 Å². The van der Waals surface area contributed by atoms with Gasteiger partial charge in [0.1, 0.15) is 18.2 Å². The van der Waals surface area contributed by atoms with E-state index in [0.717, 1.165) is 34.4 Å². The molecular weight excluding hydrogens is 412 g/mol. The number of ether oxygens (including phenoxy) is 1. The van der Waals surface area contributed by atoms with E-state index in [0.29, 0.717) is 0 Å². The molecule has 0 spiro atoms. The van der Waals surface area contributed by atoms with Gasteiger partial charge in [0, 0.05) is 18.9 Å². The van der Waals surface area contributed by atoms with Crippen LogP contribution in [0.4, 0.5) is 13.6 Å². The minimum absolute atomic E-state index is 0.0276. The third-order valence-corrected chi connectivity index (χ3v) is 5.30. The number of nitrogens with one attached hydrogen (secondary N) is 1. The molecule has 0 aromatic heterocycles. The van der Waals surface area contributed by atoms with E-state index in [-0.39, 0.29) is 42.9 Å². The lowest BCUT2D eigenvalue weighted by Gasteiger charge is -2.14. The smallest absolute Gasteiger partial charge is 0.407 e. The van der Waals surface area contributed by atoms with Gasteiger partial charge in [-0.05, 0) is 34.4 Å². The number of hydrogen-bond acceptors (Lipinski definition) is 3. The summed E-state index contributed by atoms with van der Waals surface area (Å²) in [5, 5.41) is 2.61. The van der Waals surface area contributed by atoms with Crippen LogP contribution in [0, 0.1) is 23.5 Å². The predicted octanol–water partition coefficient (Wildman–Crippen LogP) is 5.06. The SMILES string of the molecule is O=Cc1cc(F)c(C#CCCNC(=O)OCC2c3ccccc3-c3ccccc32)cc1F. The van der Waals surface area contributed by atoms with Crippen molar-refractivity contribution in [2.24, 2.45) is 0 Å². The molecule has 0 saturated heterocycles. The van der Waals surface area contributed by atoms with Crippen LogP contribution >= 0.6 is 0 Å². The highest BCUT2D eigenvalue weighted by Gasteiger charge is 2.28. The summed E-state index contributed by atoms with van der Waals surface area (Å²) in [4.78, 5) is 22.7. The molecule has 0 atom stereocenters. The predicted molar refractivity (Wildman–Crippen MR) is 116 cm³/mol. The van der Waals surface area contributed by atoms with Crippen molar-refractivity contribution in [1.29, 1.82) is 0 Å². The highest BCUT2D eigenvalue weighted by Crippen LogP contribution is 2.44. The number of fused-ring (bicyclic) bond motifs is 3. The standard InChI is InChI=1S/C26H19F2NO3/c27-24-14-18(15-30)25(28)13-17(24)7-5-6-12-29-26(31)32-16-23-21-10-3-1-8-19(21)20-9-2-4-11-22(20)23/h1-4,8-11,13-15,23H,6,12,16H2,(H,29,31).